The van der Waals surface area contributed by atoms with Gasteiger partial charge in [-0.15, -0.1) is 0 Å². The molecule has 1 atom stereocenters. The van der Waals surface area contributed by atoms with Gasteiger partial charge in [0.1, 0.15) is 5.82 Å². The normalized spacial score (nSPS) is 18.6. The Hall–Kier alpha value is -2.20. The lowest BCUT2D eigenvalue weighted by atomic mass is 10.1. The first-order chi connectivity index (χ1) is 11.6. The zero-order valence-corrected chi connectivity index (χ0v) is 14.0. The van der Waals surface area contributed by atoms with Crippen LogP contribution in [0.3, 0.4) is 0 Å². The average molecular weight is 326 g/mol. The van der Waals surface area contributed by atoms with Crippen molar-refractivity contribution >= 4 is 5.91 Å². The van der Waals surface area contributed by atoms with Crippen LogP contribution in [0.5, 0.6) is 0 Å². The maximum Gasteiger partial charge on any atom is 0.253 e. The van der Waals surface area contributed by atoms with Crippen LogP contribution in [0.2, 0.25) is 0 Å². The summed E-state index contributed by atoms with van der Waals surface area (Å²) >= 11 is 0. The Morgan fingerprint density at radius 3 is 2.46 bits per heavy atom. The number of nitrogens with zero attached hydrogens (tertiary/aromatic N) is 2. The smallest absolute Gasteiger partial charge is 0.253 e. The molecule has 1 heterocycles. The molecule has 0 N–H and O–H groups in total. The predicted molar refractivity (Wildman–Crippen MR) is 93.5 cm³/mol. The maximum absolute atomic E-state index is 13.0. The average Bonchev–Trinajstić information content (AvgIpc) is 2.61. The van der Waals surface area contributed by atoms with E-state index in [4.69, 9.17) is 0 Å². The zero-order valence-electron chi connectivity index (χ0n) is 14.0. The molecule has 1 aliphatic heterocycles. The second-order valence-electron chi connectivity index (χ2n) is 6.38. The van der Waals surface area contributed by atoms with Crippen LogP contribution in [-0.2, 0) is 6.42 Å². The van der Waals surface area contributed by atoms with Crippen LogP contribution < -0.4 is 0 Å². The maximum atomic E-state index is 13.0. The summed E-state index contributed by atoms with van der Waals surface area (Å²) in [6.07, 6.45) is 1.02. The summed E-state index contributed by atoms with van der Waals surface area (Å²) < 4.78 is 13.0. The molecule has 1 aliphatic rings. The van der Waals surface area contributed by atoms with Crippen LogP contribution in [0.4, 0.5) is 4.39 Å². The van der Waals surface area contributed by atoms with E-state index in [9.17, 15) is 9.18 Å². The Labute approximate surface area is 142 Å². The molecule has 4 heteroatoms. The second-order valence-corrected chi connectivity index (χ2v) is 6.38. The lowest BCUT2D eigenvalue weighted by molar-refractivity contribution is 0.0518. The van der Waals surface area contributed by atoms with Crippen molar-refractivity contribution in [1.82, 2.24) is 9.80 Å². The number of rotatable bonds is 4. The molecule has 126 valence electrons. The van der Waals surface area contributed by atoms with E-state index in [1.807, 2.05) is 11.0 Å². The van der Waals surface area contributed by atoms with E-state index in [2.05, 4.69) is 36.1 Å². The van der Waals surface area contributed by atoms with Gasteiger partial charge in [-0.25, -0.2) is 4.39 Å². The Morgan fingerprint density at radius 2 is 1.79 bits per heavy atom. The van der Waals surface area contributed by atoms with Crippen LogP contribution in [-0.4, -0.2) is 47.9 Å². The van der Waals surface area contributed by atoms with Crippen molar-refractivity contribution in [3.63, 3.8) is 0 Å². The molecular formula is C20H23FN2O. The van der Waals surface area contributed by atoms with Crippen molar-refractivity contribution in [3.8, 4) is 0 Å². The third-order valence-corrected chi connectivity index (χ3v) is 4.67. The van der Waals surface area contributed by atoms with E-state index in [-0.39, 0.29) is 11.7 Å². The van der Waals surface area contributed by atoms with Gasteiger partial charge >= 0.3 is 0 Å². The van der Waals surface area contributed by atoms with Gasteiger partial charge in [0.2, 0.25) is 0 Å². The largest absolute Gasteiger partial charge is 0.336 e. The highest BCUT2D eigenvalue weighted by atomic mass is 19.1. The number of carbonyl (C=O) groups is 1. The van der Waals surface area contributed by atoms with Crippen LogP contribution in [0.25, 0.3) is 0 Å². The number of amides is 1. The van der Waals surface area contributed by atoms with Crippen molar-refractivity contribution in [3.05, 3.63) is 71.5 Å². The SMILES string of the molecule is CC1CN(C(=O)c2ccc(F)cc2)CCN1CCc1ccccc1. The van der Waals surface area contributed by atoms with E-state index in [1.165, 1.54) is 17.7 Å². The Bertz CT molecular complexity index is 672. The standard InChI is InChI=1S/C20H23FN2O/c1-16-15-23(20(24)18-7-9-19(21)10-8-18)14-13-22(16)12-11-17-5-3-2-4-6-17/h2-10,16H,11-15H2,1H3. The molecule has 3 nitrogen and oxygen atoms in total. The number of carbonyl (C=O) groups excluding carboxylic acids is 1. The van der Waals surface area contributed by atoms with Gasteiger partial charge in [-0.05, 0) is 43.2 Å². The van der Waals surface area contributed by atoms with Crippen LogP contribution in [0.1, 0.15) is 22.8 Å². The number of hydrogen-bond acceptors (Lipinski definition) is 2. The Balaban J connectivity index is 1.54. The minimum atomic E-state index is -0.314. The molecule has 0 aromatic heterocycles. The van der Waals surface area contributed by atoms with E-state index in [0.717, 1.165) is 26.1 Å². The van der Waals surface area contributed by atoms with Gasteiger partial charge < -0.3 is 4.90 Å². The van der Waals surface area contributed by atoms with Gasteiger partial charge in [-0.1, -0.05) is 30.3 Å². The zero-order chi connectivity index (χ0) is 16.9. The summed E-state index contributed by atoms with van der Waals surface area (Å²) in [6, 6.07) is 16.6. The highest BCUT2D eigenvalue weighted by Crippen LogP contribution is 2.14. The Morgan fingerprint density at radius 1 is 1.08 bits per heavy atom. The van der Waals surface area contributed by atoms with Gasteiger partial charge in [0, 0.05) is 37.8 Å². The number of benzene rings is 2. The lowest BCUT2D eigenvalue weighted by Gasteiger charge is -2.40. The molecule has 3 rings (SSSR count). The topological polar surface area (TPSA) is 23.6 Å². The quantitative estimate of drug-likeness (QED) is 0.861. The van der Waals surface area contributed by atoms with Crippen LogP contribution in [0, 0.1) is 5.82 Å². The van der Waals surface area contributed by atoms with Gasteiger partial charge in [0.25, 0.3) is 5.91 Å². The molecular weight excluding hydrogens is 303 g/mol. The molecule has 2 aromatic carbocycles. The molecule has 1 amide bonds. The Kier molecular flexibility index (Phi) is 5.26. The van der Waals surface area contributed by atoms with E-state index < -0.39 is 0 Å². The summed E-state index contributed by atoms with van der Waals surface area (Å²) in [5, 5.41) is 0. The van der Waals surface area contributed by atoms with E-state index >= 15 is 0 Å². The van der Waals surface area contributed by atoms with Gasteiger partial charge in [0.15, 0.2) is 0 Å². The third-order valence-electron chi connectivity index (χ3n) is 4.67. The van der Waals surface area contributed by atoms with Crippen molar-refractivity contribution in [2.45, 2.75) is 19.4 Å². The second kappa shape index (κ2) is 7.58. The third kappa shape index (κ3) is 4.01. The van der Waals surface area contributed by atoms with E-state index in [1.54, 1.807) is 12.1 Å². The van der Waals surface area contributed by atoms with Crippen molar-refractivity contribution in [1.29, 1.82) is 0 Å². The first kappa shape index (κ1) is 16.7. The van der Waals surface area contributed by atoms with Crippen LogP contribution >= 0.6 is 0 Å². The molecule has 24 heavy (non-hydrogen) atoms. The summed E-state index contributed by atoms with van der Waals surface area (Å²) in [6.45, 7) is 5.47. The molecule has 2 aromatic rings. The molecule has 0 bridgehead atoms. The summed E-state index contributed by atoms with van der Waals surface area (Å²) in [7, 11) is 0. The first-order valence-electron chi connectivity index (χ1n) is 8.46. The minimum Gasteiger partial charge on any atom is -0.336 e. The van der Waals surface area contributed by atoms with Crippen LogP contribution in [0.15, 0.2) is 54.6 Å². The summed E-state index contributed by atoms with van der Waals surface area (Å²) in [5.74, 6) is -0.324. The number of piperazine rings is 1. The number of halogens is 1. The highest BCUT2D eigenvalue weighted by molar-refractivity contribution is 5.94. The van der Waals surface area contributed by atoms with Crippen molar-refractivity contribution in [2.24, 2.45) is 0 Å². The van der Waals surface area contributed by atoms with Crippen molar-refractivity contribution in [2.75, 3.05) is 26.2 Å². The molecule has 1 saturated heterocycles. The highest BCUT2D eigenvalue weighted by Gasteiger charge is 2.26. The molecule has 0 saturated carbocycles. The summed E-state index contributed by atoms with van der Waals surface area (Å²) in [4.78, 5) is 16.8. The molecule has 0 radical (unpaired) electrons. The number of hydrogen-bond donors (Lipinski definition) is 0. The molecule has 0 aliphatic carbocycles. The fraction of sp³-hybridized carbons (Fsp3) is 0.350. The van der Waals surface area contributed by atoms with Gasteiger partial charge in [0.05, 0.1) is 0 Å². The monoisotopic (exact) mass is 326 g/mol. The van der Waals surface area contributed by atoms with E-state index in [0.29, 0.717) is 18.2 Å². The van der Waals surface area contributed by atoms with Crippen molar-refractivity contribution < 1.29 is 9.18 Å². The predicted octanol–water partition coefficient (Wildman–Crippen LogP) is 3.21. The molecule has 1 unspecified atom stereocenters. The van der Waals surface area contributed by atoms with Gasteiger partial charge in [-0.3, -0.25) is 9.69 Å². The fourth-order valence-electron chi connectivity index (χ4n) is 3.20. The lowest BCUT2D eigenvalue weighted by Crippen LogP contribution is -2.54. The fourth-order valence-corrected chi connectivity index (χ4v) is 3.20. The molecule has 0 spiro atoms. The summed E-state index contributed by atoms with van der Waals surface area (Å²) in [5.41, 5.74) is 1.90. The first-order valence-corrected chi connectivity index (χ1v) is 8.46. The minimum absolute atomic E-state index is 0.00967. The molecule has 1 fully saturated rings. The van der Waals surface area contributed by atoms with Gasteiger partial charge in [-0.2, -0.15) is 0 Å².